The number of carbonyl (C=O) groups is 2. The number of esters is 1. The summed E-state index contributed by atoms with van der Waals surface area (Å²) in [5.74, 6) is -1.20. The SMILES string of the molecule is COC(=O)c1cc(C)sc1NC(=O)C(C)n1nc(C(F)(F)F)cc1C. The lowest BCUT2D eigenvalue weighted by Gasteiger charge is -2.14. The quantitative estimate of drug-likeness (QED) is 0.830. The lowest BCUT2D eigenvalue weighted by atomic mass is 10.2. The van der Waals surface area contributed by atoms with Crippen LogP contribution >= 0.6 is 11.3 Å². The second kappa shape index (κ2) is 6.87. The molecule has 0 saturated heterocycles. The molecule has 6 nitrogen and oxygen atoms in total. The number of carbonyl (C=O) groups excluding carboxylic acids is 2. The van der Waals surface area contributed by atoms with Crippen LogP contribution in [0.4, 0.5) is 18.2 Å². The third-order valence-electron chi connectivity index (χ3n) is 3.46. The van der Waals surface area contributed by atoms with E-state index in [2.05, 4.69) is 15.2 Å². The standard InChI is InChI=1S/C15H16F3N3O3S/c1-7-5-11(15(16,17)18)20-21(7)9(3)12(22)19-13-10(14(23)24-4)6-8(2)25-13/h5-6,9H,1-4H3,(H,19,22). The summed E-state index contributed by atoms with van der Waals surface area (Å²) in [5, 5.41) is 6.30. The molecule has 136 valence electrons. The molecule has 1 atom stereocenters. The van der Waals surface area contributed by atoms with Crippen LogP contribution in [0.15, 0.2) is 12.1 Å². The van der Waals surface area contributed by atoms with Gasteiger partial charge >= 0.3 is 12.1 Å². The molecule has 0 radical (unpaired) electrons. The first-order valence-corrected chi connectivity index (χ1v) is 7.99. The largest absolute Gasteiger partial charge is 0.465 e. The molecule has 10 heteroatoms. The molecule has 0 spiro atoms. The average Bonchev–Trinajstić information content (AvgIpc) is 3.08. The van der Waals surface area contributed by atoms with Crippen molar-refractivity contribution in [2.75, 3.05) is 12.4 Å². The smallest absolute Gasteiger partial charge is 0.435 e. The minimum absolute atomic E-state index is 0.193. The van der Waals surface area contributed by atoms with Gasteiger partial charge in [0.1, 0.15) is 11.0 Å². The Bertz CT molecular complexity index is 811. The van der Waals surface area contributed by atoms with Crippen molar-refractivity contribution in [3.8, 4) is 0 Å². The van der Waals surface area contributed by atoms with Gasteiger partial charge in [0.15, 0.2) is 5.69 Å². The summed E-state index contributed by atoms with van der Waals surface area (Å²) in [7, 11) is 1.22. The van der Waals surface area contributed by atoms with Crippen LogP contribution in [0.1, 0.15) is 39.6 Å². The second-order valence-electron chi connectivity index (χ2n) is 5.37. The number of nitrogens with one attached hydrogen (secondary N) is 1. The number of alkyl halides is 3. The van der Waals surface area contributed by atoms with Crippen LogP contribution in [0.5, 0.6) is 0 Å². The normalized spacial score (nSPS) is 12.8. The third kappa shape index (κ3) is 4.01. The molecule has 0 aliphatic heterocycles. The van der Waals surface area contributed by atoms with Crippen molar-refractivity contribution in [2.45, 2.75) is 33.0 Å². The highest BCUT2D eigenvalue weighted by molar-refractivity contribution is 7.16. The number of hydrogen-bond donors (Lipinski definition) is 1. The van der Waals surface area contributed by atoms with E-state index < -0.39 is 29.8 Å². The summed E-state index contributed by atoms with van der Waals surface area (Å²) < 4.78 is 43.9. The van der Waals surface area contributed by atoms with E-state index in [1.165, 1.54) is 32.3 Å². The number of rotatable bonds is 4. The highest BCUT2D eigenvalue weighted by Gasteiger charge is 2.35. The second-order valence-corrected chi connectivity index (χ2v) is 6.63. The maximum Gasteiger partial charge on any atom is 0.435 e. The molecule has 0 aliphatic rings. The van der Waals surface area contributed by atoms with Gasteiger partial charge in [-0.25, -0.2) is 4.79 Å². The fraction of sp³-hybridized carbons (Fsp3) is 0.400. The van der Waals surface area contributed by atoms with Gasteiger partial charge in [0, 0.05) is 10.6 Å². The number of halogens is 3. The number of hydrogen-bond acceptors (Lipinski definition) is 5. The van der Waals surface area contributed by atoms with Crippen molar-refractivity contribution >= 4 is 28.2 Å². The summed E-state index contributed by atoms with van der Waals surface area (Å²) in [6, 6.07) is 1.44. The Labute approximate surface area is 145 Å². The molecule has 1 amide bonds. The fourth-order valence-corrected chi connectivity index (χ4v) is 3.12. The van der Waals surface area contributed by atoms with Crippen LogP contribution in [-0.4, -0.2) is 28.8 Å². The van der Waals surface area contributed by atoms with E-state index in [0.29, 0.717) is 0 Å². The zero-order chi connectivity index (χ0) is 18.9. The molecule has 1 unspecified atom stereocenters. The molecule has 2 heterocycles. The van der Waals surface area contributed by atoms with Gasteiger partial charge in [-0.3, -0.25) is 9.48 Å². The van der Waals surface area contributed by atoms with E-state index in [-0.39, 0.29) is 16.3 Å². The van der Waals surface area contributed by atoms with Crippen molar-refractivity contribution in [3.05, 3.63) is 34.0 Å². The van der Waals surface area contributed by atoms with E-state index in [1.54, 1.807) is 13.0 Å². The van der Waals surface area contributed by atoms with Crippen LogP contribution < -0.4 is 5.32 Å². The molecule has 0 bridgehead atoms. The van der Waals surface area contributed by atoms with Gasteiger partial charge in [-0.1, -0.05) is 0 Å². The number of aromatic nitrogens is 2. The molecule has 0 aromatic carbocycles. The number of thiophene rings is 1. The van der Waals surface area contributed by atoms with Gasteiger partial charge in [0.05, 0.1) is 12.7 Å². The van der Waals surface area contributed by atoms with Crippen molar-refractivity contribution in [2.24, 2.45) is 0 Å². The Morgan fingerprint density at radius 2 is 1.96 bits per heavy atom. The van der Waals surface area contributed by atoms with Crippen molar-refractivity contribution in [1.82, 2.24) is 9.78 Å². The molecule has 2 rings (SSSR count). The van der Waals surface area contributed by atoms with Gasteiger partial charge < -0.3 is 10.1 Å². The molecule has 0 aliphatic carbocycles. The van der Waals surface area contributed by atoms with E-state index >= 15 is 0 Å². The summed E-state index contributed by atoms with van der Waals surface area (Å²) >= 11 is 1.17. The Hall–Kier alpha value is -2.36. The van der Waals surface area contributed by atoms with Gasteiger partial charge in [-0.2, -0.15) is 18.3 Å². The fourth-order valence-electron chi connectivity index (χ4n) is 2.21. The topological polar surface area (TPSA) is 73.2 Å². The van der Waals surface area contributed by atoms with Crippen LogP contribution in [-0.2, 0) is 15.7 Å². The summed E-state index contributed by atoms with van der Waals surface area (Å²) in [4.78, 5) is 24.9. The van der Waals surface area contributed by atoms with Gasteiger partial charge in [-0.15, -0.1) is 11.3 Å². The monoisotopic (exact) mass is 375 g/mol. The first-order chi connectivity index (χ1) is 11.5. The Kier molecular flexibility index (Phi) is 5.21. The Morgan fingerprint density at radius 3 is 2.48 bits per heavy atom. The van der Waals surface area contributed by atoms with Crippen molar-refractivity contribution in [1.29, 1.82) is 0 Å². The third-order valence-corrected chi connectivity index (χ3v) is 4.42. The number of nitrogens with zero attached hydrogens (tertiary/aromatic N) is 2. The van der Waals surface area contributed by atoms with Gasteiger partial charge in [0.25, 0.3) is 0 Å². The minimum Gasteiger partial charge on any atom is -0.465 e. The molecule has 25 heavy (non-hydrogen) atoms. The summed E-state index contributed by atoms with van der Waals surface area (Å²) in [6.07, 6.45) is -4.59. The van der Waals surface area contributed by atoms with Crippen LogP contribution in [0, 0.1) is 13.8 Å². The van der Waals surface area contributed by atoms with Crippen LogP contribution in [0.2, 0.25) is 0 Å². The van der Waals surface area contributed by atoms with Gasteiger partial charge in [-0.05, 0) is 32.9 Å². The molecule has 1 N–H and O–H groups in total. The summed E-state index contributed by atoms with van der Waals surface area (Å²) in [6.45, 7) is 4.61. The first kappa shape index (κ1) is 19.0. The highest BCUT2D eigenvalue weighted by atomic mass is 32.1. The molecule has 0 fully saturated rings. The summed E-state index contributed by atoms with van der Waals surface area (Å²) in [5.41, 5.74) is -0.670. The number of ether oxygens (including phenoxy) is 1. The van der Waals surface area contributed by atoms with E-state index in [4.69, 9.17) is 0 Å². The molecule has 2 aromatic heterocycles. The molecule has 2 aromatic rings. The van der Waals surface area contributed by atoms with Gasteiger partial charge in [0.2, 0.25) is 5.91 Å². The minimum atomic E-state index is -4.59. The first-order valence-electron chi connectivity index (χ1n) is 7.17. The molecule has 0 saturated carbocycles. The Morgan fingerprint density at radius 1 is 1.32 bits per heavy atom. The zero-order valence-electron chi connectivity index (χ0n) is 13.9. The lowest BCUT2D eigenvalue weighted by Crippen LogP contribution is -2.26. The van der Waals surface area contributed by atoms with E-state index in [9.17, 15) is 22.8 Å². The van der Waals surface area contributed by atoms with Crippen LogP contribution in [0.25, 0.3) is 0 Å². The molecular weight excluding hydrogens is 359 g/mol. The number of aryl methyl sites for hydroxylation is 2. The van der Waals surface area contributed by atoms with Crippen LogP contribution in [0.3, 0.4) is 0 Å². The van der Waals surface area contributed by atoms with E-state index in [0.717, 1.165) is 15.6 Å². The molecular formula is C15H16F3N3O3S. The predicted octanol–water partition coefficient (Wildman–Crippen LogP) is 3.57. The average molecular weight is 375 g/mol. The highest BCUT2D eigenvalue weighted by Crippen LogP contribution is 2.31. The Balaban J connectivity index is 2.25. The van der Waals surface area contributed by atoms with E-state index in [1.807, 2.05) is 0 Å². The van der Waals surface area contributed by atoms with Crippen molar-refractivity contribution in [3.63, 3.8) is 0 Å². The maximum atomic E-state index is 12.7. The lowest BCUT2D eigenvalue weighted by molar-refractivity contribution is -0.141. The maximum absolute atomic E-state index is 12.7. The number of anilines is 1. The predicted molar refractivity (Wildman–Crippen MR) is 85.7 cm³/mol. The number of amides is 1. The number of methoxy groups -OCH3 is 1. The zero-order valence-corrected chi connectivity index (χ0v) is 14.7. The van der Waals surface area contributed by atoms with Crippen molar-refractivity contribution < 1.29 is 27.5 Å².